The van der Waals surface area contributed by atoms with Crippen LogP contribution in [0.3, 0.4) is 0 Å². The smallest absolute Gasteiger partial charge is 0.352 e. The van der Waals surface area contributed by atoms with E-state index in [2.05, 4.69) is 0 Å². The fourth-order valence-electron chi connectivity index (χ4n) is 1.15. The first-order chi connectivity index (χ1) is 6.97. The molecule has 0 unspecified atom stereocenters. The van der Waals surface area contributed by atoms with Gasteiger partial charge in [0.25, 0.3) is 6.43 Å². The van der Waals surface area contributed by atoms with E-state index in [1.165, 1.54) is 0 Å². The molecule has 4 nitrogen and oxygen atoms in total. The van der Waals surface area contributed by atoms with Crippen LogP contribution in [0, 0.1) is 0 Å². The van der Waals surface area contributed by atoms with Crippen molar-refractivity contribution in [3.8, 4) is 0 Å². The number of H-pyrrole nitrogens is 1. The molecule has 1 rings (SSSR count). The summed E-state index contributed by atoms with van der Waals surface area (Å²) in [7, 11) is 0. The van der Waals surface area contributed by atoms with Gasteiger partial charge in [-0.15, -0.1) is 11.6 Å². The van der Waals surface area contributed by atoms with Gasteiger partial charge in [0.15, 0.2) is 0 Å². The van der Waals surface area contributed by atoms with E-state index in [9.17, 15) is 18.4 Å². The maximum absolute atomic E-state index is 12.5. The minimum Gasteiger partial charge on any atom is -0.477 e. The molecule has 0 amide bonds. The van der Waals surface area contributed by atoms with Crippen molar-refractivity contribution in [2.75, 3.05) is 0 Å². The molecule has 82 valence electrons. The molecule has 1 aromatic rings. The van der Waals surface area contributed by atoms with Crippen LogP contribution >= 0.6 is 11.6 Å². The van der Waals surface area contributed by atoms with Crippen molar-refractivity contribution in [3.05, 3.63) is 33.2 Å². The first kappa shape index (κ1) is 11.6. The molecule has 0 aliphatic carbocycles. The van der Waals surface area contributed by atoms with E-state index in [-0.39, 0.29) is 11.4 Å². The van der Waals surface area contributed by atoms with Crippen molar-refractivity contribution in [2.45, 2.75) is 12.3 Å². The largest absolute Gasteiger partial charge is 0.477 e. The van der Waals surface area contributed by atoms with Crippen LogP contribution in [-0.4, -0.2) is 16.1 Å². The van der Waals surface area contributed by atoms with Crippen LogP contribution in [-0.2, 0) is 5.88 Å². The Bertz CT molecular complexity index is 444. The summed E-state index contributed by atoms with van der Waals surface area (Å²) in [6.45, 7) is 0. The molecule has 1 heterocycles. The number of aromatic amines is 1. The minimum atomic E-state index is -3.00. The van der Waals surface area contributed by atoms with Crippen LogP contribution in [0.1, 0.15) is 28.0 Å². The van der Waals surface area contributed by atoms with Crippen molar-refractivity contribution >= 4 is 17.6 Å². The van der Waals surface area contributed by atoms with Gasteiger partial charge < -0.3 is 10.1 Å². The molecule has 0 fully saturated rings. The lowest BCUT2D eigenvalue weighted by molar-refractivity contribution is 0.0676. The van der Waals surface area contributed by atoms with Gasteiger partial charge in [-0.05, 0) is 5.56 Å². The number of carboxylic acids is 1. The second-order valence-electron chi connectivity index (χ2n) is 2.69. The van der Waals surface area contributed by atoms with Crippen molar-refractivity contribution in [1.29, 1.82) is 0 Å². The van der Waals surface area contributed by atoms with Crippen molar-refractivity contribution in [1.82, 2.24) is 4.98 Å². The van der Waals surface area contributed by atoms with Crippen molar-refractivity contribution in [3.63, 3.8) is 0 Å². The number of carbonyl (C=O) groups is 1. The monoisotopic (exact) mass is 237 g/mol. The van der Waals surface area contributed by atoms with Crippen LogP contribution in [0.25, 0.3) is 0 Å². The minimum absolute atomic E-state index is 0.173. The Morgan fingerprint density at radius 3 is 2.60 bits per heavy atom. The molecule has 0 aliphatic heterocycles. The number of alkyl halides is 3. The Morgan fingerprint density at radius 2 is 2.20 bits per heavy atom. The van der Waals surface area contributed by atoms with Gasteiger partial charge in [0.2, 0.25) is 5.56 Å². The third kappa shape index (κ3) is 2.33. The summed E-state index contributed by atoms with van der Waals surface area (Å²) in [6.07, 6.45) is -3.00. The highest BCUT2D eigenvalue weighted by atomic mass is 35.5. The quantitative estimate of drug-likeness (QED) is 0.787. The Morgan fingerprint density at radius 1 is 1.60 bits per heavy atom. The number of aromatic nitrogens is 1. The van der Waals surface area contributed by atoms with Gasteiger partial charge in [-0.25, -0.2) is 13.6 Å². The molecule has 0 saturated heterocycles. The van der Waals surface area contributed by atoms with Gasteiger partial charge in [0.1, 0.15) is 5.69 Å². The molecule has 2 N–H and O–H groups in total. The van der Waals surface area contributed by atoms with E-state index in [1.807, 2.05) is 4.98 Å². The number of halogens is 3. The third-order valence-corrected chi connectivity index (χ3v) is 2.03. The van der Waals surface area contributed by atoms with Crippen molar-refractivity contribution in [2.24, 2.45) is 0 Å². The van der Waals surface area contributed by atoms with E-state index < -0.39 is 29.2 Å². The predicted molar refractivity (Wildman–Crippen MR) is 48.5 cm³/mol. The first-order valence-corrected chi connectivity index (χ1v) is 4.34. The second-order valence-corrected chi connectivity index (χ2v) is 2.95. The average Bonchev–Trinajstić information content (AvgIpc) is 2.15. The van der Waals surface area contributed by atoms with E-state index in [0.717, 1.165) is 6.07 Å². The fourth-order valence-corrected chi connectivity index (χ4v) is 1.37. The Labute approximate surface area is 87.5 Å². The maximum atomic E-state index is 12.5. The van der Waals surface area contributed by atoms with Crippen LogP contribution in [0.15, 0.2) is 10.9 Å². The predicted octanol–water partition coefficient (Wildman–Crippen LogP) is 1.75. The summed E-state index contributed by atoms with van der Waals surface area (Å²) in [6, 6.07) is 0.862. The first-order valence-electron chi connectivity index (χ1n) is 3.81. The number of nitrogens with one attached hydrogen (secondary N) is 1. The number of aromatic carboxylic acids is 1. The van der Waals surface area contributed by atoms with E-state index >= 15 is 0 Å². The molecule has 0 atom stereocenters. The highest BCUT2D eigenvalue weighted by molar-refractivity contribution is 6.17. The van der Waals surface area contributed by atoms with Gasteiger partial charge in [-0.2, -0.15) is 0 Å². The van der Waals surface area contributed by atoms with Gasteiger partial charge >= 0.3 is 5.97 Å². The van der Waals surface area contributed by atoms with E-state index in [1.54, 1.807) is 0 Å². The molecular formula is C8H6ClF2NO3. The normalized spacial score (nSPS) is 10.7. The highest BCUT2D eigenvalue weighted by Gasteiger charge is 2.22. The summed E-state index contributed by atoms with van der Waals surface area (Å²) in [5, 5.41) is 8.61. The summed E-state index contributed by atoms with van der Waals surface area (Å²) in [5.41, 5.74) is -2.49. The molecule has 0 saturated carbocycles. The zero-order valence-corrected chi connectivity index (χ0v) is 8.02. The van der Waals surface area contributed by atoms with E-state index in [4.69, 9.17) is 16.7 Å². The molecule has 15 heavy (non-hydrogen) atoms. The molecule has 0 bridgehead atoms. The molecule has 1 aromatic heterocycles. The standard InChI is InChI=1S/C8H6ClF2NO3/c9-2-3-1-4(13)12-6(8(14)15)5(3)7(10)11/h1,7H,2H2,(H,12,13)(H,14,15). The molecule has 0 spiro atoms. The second kappa shape index (κ2) is 4.39. The summed E-state index contributed by atoms with van der Waals surface area (Å²) in [5.74, 6) is -1.96. The van der Waals surface area contributed by atoms with Crippen LogP contribution in [0.4, 0.5) is 8.78 Å². The van der Waals surface area contributed by atoms with Gasteiger partial charge in [0, 0.05) is 11.9 Å². The zero-order valence-electron chi connectivity index (χ0n) is 7.26. The van der Waals surface area contributed by atoms with Crippen LogP contribution < -0.4 is 5.56 Å². The lowest BCUT2D eigenvalue weighted by Gasteiger charge is -2.08. The molecule has 0 aliphatic rings. The Hall–Kier alpha value is -1.43. The zero-order chi connectivity index (χ0) is 11.6. The number of pyridine rings is 1. The number of rotatable bonds is 3. The number of hydrogen-bond acceptors (Lipinski definition) is 2. The van der Waals surface area contributed by atoms with E-state index in [0.29, 0.717) is 0 Å². The Balaban J connectivity index is 3.54. The summed E-state index contributed by atoms with van der Waals surface area (Å²) in [4.78, 5) is 23.4. The van der Waals surface area contributed by atoms with Crippen LogP contribution in [0.5, 0.6) is 0 Å². The molecule has 0 aromatic carbocycles. The SMILES string of the molecule is O=C(O)c1[nH]c(=O)cc(CCl)c1C(F)F. The molecular weight excluding hydrogens is 232 g/mol. The number of carboxylic acid groups (broad SMARTS) is 1. The highest BCUT2D eigenvalue weighted by Crippen LogP contribution is 2.25. The van der Waals surface area contributed by atoms with Crippen LogP contribution in [0.2, 0.25) is 0 Å². The lowest BCUT2D eigenvalue weighted by Crippen LogP contribution is -2.17. The van der Waals surface area contributed by atoms with Gasteiger partial charge in [0.05, 0.1) is 5.56 Å². The van der Waals surface area contributed by atoms with Gasteiger partial charge in [-0.3, -0.25) is 4.79 Å². The number of hydrogen-bond donors (Lipinski definition) is 2. The fraction of sp³-hybridized carbons (Fsp3) is 0.250. The summed E-state index contributed by atoms with van der Waals surface area (Å²) >= 11 is 5.35. The van der Waals surface area contributed by atoms with Gasteiger partial charge in [-0.1, -0.05) is 0 Å². The maximum Gasteiger partial charge on any atom is 0.352 e. The Kier molecular flexibility index (Phi) is 3.41. The van der Waals surface area contributed by atoms with Crippen molar-refractivity contribution < 1.29 is 18.7 Å². The average molecular weight is 238 g/mol. The topological polar surface area (TPSA) is 70.2 Å². The summed E-state index contributed by atoms with van der Waals surface area (Å²) < 4.78 is 25.0. The molecule has 0 radical (unpaired) electrons. The third-order valence-electron chi connectivity index (χ3n) is 1.74. The lowest BCUT2D eigenvalue weighted by atomic mass is 10.1. The molecule has 7 heteroatoms.